The van der Waals surface area contributed by atoms with Gasteiger partial charge in [0.2, 0.25) is 5.91 Å². The lowest BCUT2D eigenvalue weighted by molar-refractivity contribution is -0.279. The predicted octanol–water partition coefficient (Wildman–Crippen LogP) is 7.29. The number of ketones is 1. The Morgan fingerprint density at radius 2 is 1.31 bits per heavy atom. The van der Waals surface area contributed by atoms with Gasteiger partial charge < -0.3 is 58.4 Å². The summed E-state index contributed by atoms with van der Waals surface area (Å²) in [6.45, 7) is 10.9. The summed E-state index contributed by atoms with van der Waals surface area (Å²) in [7, 11) is -1.39. The molecule has 1 amide bonds. The second-order valence-corrected chi connectivity index (χ2v) is 23.2. The first-order valence-corrected chi connectivity index (χ1v) is 30.2. The molecular formula is C62H76N7O18P. The summed E-state index contributed by atoms with van der Waals surface area (Å²) in [6.07, 6.45) is -7.63. The van der Waals surface area contributed by atoms with Gasteiger partial charge in [0.15, 0.2) is 41.9 Å². The molecule has 4 heterocycles. The van der Waals surface area contributed by atoms with E-state index in [1.54, 1.807) is 78.1 Å². The van der Waals surface area contributed by atoms with E-state index in [0.717, 1.165) is 13.8 Å². The minimum absolute atomic E-state index is 0.0546. The molecule has 3 N–H and O–H groups in total. The molecule has 2 aliphatic rings. The van der Waals surface area contributed by atoms with Gasteiger partial charge in [0.05, 0.1) is 47.0 Å². The monoisotopic (exact) mass is 1240 g/mol. The topological polar surface area (TPSA) is 298 Å². The van der Waals surface area contributed by atoms with Crippen molar-refractivity contribution in [3.63, 3.8) is 0 Å². The molecule has 0 aliphatic carbocycles. The number of carbonyl (C=O) groups excluding carboxylic acids is 5. The number of nitrogen functional groups attached to an aromatic ring is 1. The van der Waals surface area contributed by atoms with Gasteiger partial charge in [-0.2, -0.15) is 0 Å². The first kappa shape index (κ1) is 66.2. The van der Waals surface area contributed by atoms with Gasteiger partial charge in [0.25, 0.3) is 0 Å². The lowest BCUT2D eigenvalue weighted by atomic mass is 9.79. The summed E-state index contributed by atoms with van der Waals surface area (Å²) in [5, 5.41) is 2.66. The highest BCUT2D eigenvalue weighted by atomic mass is 31.2. The van der Waals surface area contributed by atoms with E-state index in [2.05, 4.69) is 20.3 Å². The summed E-state index contributed by atoms with van der Waals surface area (Å²) < 4.78 is 93.6. The lowest BCUT2D eigenvalue weighted by Gasteiger charge is -2.44. The van der Waals surface area contributed by atoms with Crippen molar-refractivity contribution < 1.29 is 85.0 Å². The van der Waals surface area contributed by atoms with Gasteiger partial charge in [-0.05, 0) is 68.7 Å². The number of esters is 3. The molecule has 26 heteroatoms. The van der Waals surface area contributed by atoms with E-state index >= 15 is 9.36 Å². The van der Waals surface area contributed by atoms with E-state index in [1.165, 1.54) is 26.5 Å². The van der Waals surface area contributed by atoms with Crippen molar-refractivity contribution in [1.29, 1.82) is 0 Å². The van der Waals surface area contributed by atoms with E-state index in [9.17, 15) is 19.2 Å². The Bertz CT molecular complexity index is 3300. The summed E-state index contributed by atoms with van der Waals surface area (Å²) in [4.78, 5) is 78.2. The number of Topliss-reactive ketones (excluding diaryl/α,β-unsaturated/α-hetero) is 1. The zero-order valence-corrected chi connectivity index (χ0v) is 51.6. The number of hydrogen-bond donors (Lipinski definition) is 2. The van der Waals surface area contributed by atoms with Gasteiger partial charge in [-0.3, -0.25) is 37.6 Å². The number of methoxy groups -OCH3 is 2. The number of hydrogen-bond acceptors (Lipinski definition) is 22. The SMILES string of the molecule is COc1ccc(C(OC(C(=O)c2ccccc2)[C@H]2O[C@@H](n3cnc4c(N)ncnc43)C[C@@H]2OP(=O)(OCCOCCO[C@@H]2O[C@H](COC(C)=O)[C@H](OC(C)=O)[C@H](OC(C)=O)[C@H]2NC(C)=O)N(C(C)C)C(C)C)(c2ccccc2)c2ccc(OC)cc2)cc1. The van der Waals surface area contributed by atoms with Crippen molar-refractivity contribution in [2.24, 2.45) is 0 Å². The van der Waals surface area contributed by atoms with Crippen LogP contribution in [0.3, 0.4) is 0 Å². The molecule has 2 unspecified atom stereocenters. The quantitative estimate of drug-likeness (QED) is 0.0116. The Kier molecular flexibility index (Phi) is 22.6. The molecule has 0 radical (unpaired) electrons. The van der Waals surface area contributed by atoms with Crippen molar-refractivity contribution >= 4 is 54.3 Å². The van der Waals surface area contributed by atoms with Crippen molar-refractivity contribution in [3.05, 3.63) is 144 Å². The van der Waals surface area contributed by atoms with Crippen LogP contribution >= 0.6 is 7.75 Å². The summed E-state index contributed by atoms with van der Waals surface area (Å²) in [6, 6.07) is 30.7. The van der Waals surface area contributed by atoms with Crippen LogP contribution < -0.4 is 20.5 Å². The average molecular weight is 1240 g/mol. The molecule has 2 aliphatic heterocycles. The van der Waals surface area contributed by atoms with Gasteiger partial charge in [0.1, 0.15) is 66.1 Å². The highest BCUT2D eigenvalue weighted by Crippen LogP contribution is 2.58. The highest BCUT2D eigenvalue weighted by Gasteiger charge is 2.55. The molecule has 2 fully saturated rings. The van der Waals surface area contributed by atoms with Crippen LogP contribution in [0.4, 0.5) is 5.82 Å². The molecule has 0 spiro atoms. The maximum absolute atomic E-state index is 16.2. The number of nitrogens with one attached hydrogen (secondary N) is 1. The van der Waals surface area contributed by atoms with E-state index in [-0.39, 0.29) is 44.2 Å². The number of nitrogens with zero attached hydrogens (tertiary/aromatic N) is 5. The first-order valence-electron chi connectivity index (χ1n) is 28.7. The molecular weight excluding hydrogens is 1160 g/mol. The van der Waals surface area contributed by atoms with Crippen LogP contribution in [0.25, 0.3) is 11.2 Å². The summed E-state index contributed by atoms with van der Waals surface area (Å²) >= 11 is 0. The standard InChI is InChI=1S/C62H76N7O18P/c1-37(2)69(38(3)4)88(75,81-32-30-78-29-31-79-61-52(67-39(5)70)57(83-42(8)73)56(82-41(7)72)50(84-61)34-80-40(6)71)87-49-33-51(68-36-66-53-59(63)64-35-65-60(53)68)85-55(49)58(54(74)43-17-13-11-14-18-43)86-62(44-19-15-12-16-20-44,45-21-25-47(76-9)26-22-45)46-23-27-48(77-10)28-24-46/h11-28,35-38,49-52,55-58,61H,29-34H2,1-10H3,(H,67,70)(H2,63,64,65)/t49-,50+,51+,52+,55-,56-,57+,58?,61+,88?/m0/s1. The maximum Gasteiger partial charge on any atom is 0.409 e. The number of amides is 1. The van der Waals surface area contributed by atoms with E-state index in [0.29, 0.717) is 39.4 Å². The number of benzene rings is 4. The molecule has 472 valence electrons. The number of aromatic nitrogens is 4. The molecule has 25 nitrogen and oxygen atoms in total. The van der Waals surface area contributed by atoms with Gasteiger partial charge in [-0.1, -0.05) is 84.9 Å². The zero-order chi connectivity index (χ0) is 63.3. The minimum atomic E-state index is -4.52. The Hall–Kier alpha value is -7.71. The van der Waals surface area contributed by atoms with E-state index in [4.69, 9.17) is 62.1 Å². The molecule has 88 heavy (non-hydrogen) atoms. The van der Waals surface area contributed by atoms with Crippen LogP contribution in [-0.2, 0) is 76.3 Å². The number of imidazole rings is 1. The van der Waals surface area contributed by atoms with Crippen LogP contribution in [-0.4, -0.2) is 162 Å². The first-order chi connectivity index (χ1) is 42.2. The van der Waals surface area contributed by atoms with Crippen molar-refractivity contribution in [2.75, 3.05) is 53.0 Å². The van der Waals surface area contributed by atoms with E-state index < -0.39 is 117 Å². The Morgan fingerprint density at radius 1 is 0.727 bits per heavy atom. The molecule has 6 aromatic rings. The Labute approximate surface area is 510 Å². The second kappa shape index (κ2) is 30.0. The number of nitrogens with two attached hydrogens (primary N) is 1. The highest BCUT2D eigenvalue weighted by molar-refractivity contribution is 7.51. The van der Waals surface area contributed by atoms with Crippen molar-refractivity contribution in [2.45, 2.75) is 135 Å². The number of ether oxygens (including phenoxy) is 10. The third kappa shape index (κ3) is 15.6. The van der Waals surface area contributed by atoms with Crippen LogP contribution in [0, 0.1) is 0 Å². The van der Waals surface area contributed by atoms with Gasteiger partial charge in [-0.15, -0.1) is 0 Å². The van der Waals surface area contributed by atoms with Crippen LogP contribution in [0.1, 0.15) is 95.1 Å². The summed E-state index contributed by atoms with van der Waals surface area (Å²) in [5.41, 5.74) is 7.49. The molecule has 4 aromatic carbocycles. The third-order valence-electron chi connectivity index (χ3n) is 14.6. The number of anilines is 1. The van der Waals surface area contributed by atoms with Crippen molar-refractivity contribution in [1.82, 2.24) is 29.5 Å². The fourth-order valence-corrected chi connectivity index (χ4v) is 13.3. The number of rotatable bonds is 29. The predicted molar refractivity (Wildman–Crippen MR) is 318 cm³/mol. The van der Waals surface area contributed by atoms with Crippen molar-refractivity contribution in [3.8, 4) is 11.5 Å². The molecule has 10 atom stereocenters. The third-order valence-corrected chi connectivity index (χ3v) is 17.1. The van der Waals surface area contributed by atoms with E-state index in [1.807, 2.05) is 82.3 Å². The van der Waals surface area contributed by atoms with Gasteiger partial charge in [-0.25, -0.2) is 24.2 Å². The fourth-order valence-electron chi connectivity index (χ4n) is 11.0. The summed E-state index contributed by atoms with van der Waals surface area (Å²) in [5.74, 6) is -1.96. The number of carbonyl (C=O) groups is 5. The zero-order valence-electron chi connectivity index (χ0n) is 50.7. The normalized spacial score (nSPS) is 21.4. The van der Waals surface area contributed by atoms with Gasteiger partial charge >= 0.3 is 25.7 Å². The molecule has 2 saturated heterocycles. The van der Waals surface area contributed by atoms with Crippen LogP contribution in [0.2, 0.25) is 0 Å². The van der Waals surface area contributed by atoms with Crippen LogP contribution in [0.15, 0.2) is 122 Å². The fraction of sp³-hybridized carbons (Fsp3) is 0.452. The van der Waals surface area contributed by atoms with Gasteiger partial charge in [0, 0.05) is 51.8 Å². The Balaban J connectivity index is 1.14. The largest absolute Gasteiger partial charge is 0.497 e. The average Bonchev–Trinajstić information content (AvgIpc) is 1.74. The maximum atomic E-state index is 16.2. The molecule has 0 saturated carbocycles. The molecule has 8 rings (SSSR count). The molecule has 2 aromatic heterocycles. The second-order valence-electron chi connectivity index (χ2n) is 21.4. The van der Waals surface area contributed by atoms with Crippen LogP contribution in [0.5, 0.6) is 11.5 Å². The lowest BCUT2D eigenvalue weighted by Crippen LogP contribution is -2.66. The smallest absolute Gasteiger partial charge is 0.409 e. The number of fused-ring (bicyclic) bond motifs is 1. The molecule has 0 bridgehead atoms. The Morgan fingerprint density at radius 3 is 1.88 bits per heavy atom. The minimum Gasteiger partial charge on any atom is -0.497 e.